The molecule has 3 atom stereocenters. The zero-order valence-electron chi connectivity index (χ0n) is 9.35. The summed E-state index contributed by atoms with van der Waals surface area (Å²) in [6.07, 6.45) is 4.21. The molecule has 0 aromatic carbocycles. The van der Waals surface area contributed by atoms with Crippen LogP contribution in [0.15, 0.2) is 0 Å². The highest BCUT2D eigenvalue weighted by molar-refractivity contribution is 4.95. The molecule has 0 N–H and O–H groups in total. The summed E-state index contributed by atoms with van der Waals surface area (Å²) in [5.74, 6) is 2.91. The lowest BCUT2D eigenvalue weighted by atomic mass is 9.73. The number of hydrogen-bond donors (Lipinski definition) is 0. The normalized spacial score (nSPS) is 31.8. The van der Waals surface area contributed by atoms with E-state index in [1.54, 1.807) is 0 Å². The van der Waals surface area contributed by atoms with Gasteiger partial charge in [0.15, 0.2) is 0 Å². The van der Waals surface area contributed by atoms with Crippen LogP contribution in [0.2, 0.25) is 0 Å². The van der Waals surface area contributed by atoms with Gasteiger partial charge in [-0.05, 0) is 29.6 Å². The third-order valence-electron chi connectivity index (χ3n) is 4.06. The predicted molar refractivity (Wildman–Crippen MR) is 55.1 cm³/mol. The summed E-state index contributed by atoms with van der Waals surface area (Å²) in [5, 5.41) is 0. The Morgan fingerprint density at radius 3 is 2.25 bits per heavy atom. The van der Waals surface area contributed by atoms with Crippen molar-refractivity contribution in [2.45, 2.75) is 53.9 Å². The molecule has 0 aliphatic heterocycles. The number of rotatable bonds is 4. The first kappa shape index (κ1) is 10.1. The molecule has 0 radical (unpaired) electrons. The summed E-state index contributed by atoms with van der Waals surface area (Å²) < 4.78 is 0. The quantitative estimate of drug-likeness (QED) is 0.592. The van der Waals surface area contributed by atoms with Crippen molar-refractivity contribution in [3.8, 4) is 0 Å². The van der Waals surface area contributed by atoms with Gasteiger partial charge in [0.1, 0.15) is 0 Å². The first-order valence-corrected chi connectivity index (χ1v) is 5.50. The first-order chi connectivity index (χ1) is 5.50. The third kappa shape index (κ3) is 1.84. The zero-order valence-corrected chi connectivity index (χ0v) is 9.35. The molecular weight excluding hydrogens is 144 g/mol. The SMILES string of the molecule is CCCC(C)C(C)(C)C1CC1C. The van der Waals surface area contributed by atoms with E-state index in [0.29, 0.717) is 5.41 Å². The highest BCUT2D eigenvalue weighted by Gasteiger charge is 2.46. The van der Waals surface area contributed by atoms with Crippen LogP contribution in [0, 0.1) is 23.2 Å². The molecule has 0 aromatic rings. The Morgan fingerprint density at radius 1 is 1.42 bits per heavy atom. The van der Waals surface area contributed by atoms with Crippen LogP contribution in [0.1, 0.15) is 53.9 Å². The van der Waals surface area contributed by atoms with Crippen LogP contribution in [0.3, 0.4) is 0 Å². The van der Waals surface area contributed by atoms with E-state index in [0.717, 1.165) is 17.8 Å². The van der Waals surface area contributed by atoms with Crippen molar-refractivity contribution in [2.24, 2.45) is 23.2 Å². The second kappa shape index (κ2) is 3.40. The third-order valence-corrected chi connectivity index (χ3v) is 4.06. The van der Waals surface area contributed by atoms with Gasteiger partial charge in [-0.25, -0.2) is 0 Å². The second-order valence-corrected chi connectivity index (χ2v) is 5.33. The molecule has 0 heteroatoms. The monoisotopic (exact) mass is 168 g/mol. The number of hydrogen-bond acceptors (Lipinski definition) is 0. The van der Waals surface area contributed by atoms with Gasteiger partial charge in [-0.2, -0.15) is 0 Å². The second-order valence-electron chi connectivity index (χ2n) is 5.33. The van der Waals surface area contributed by atoms with Crippen LogP contribution in [0.5, 0.6) is 0 Å². The fraction of sp³-hybridized carbons (Fsp3) is 1.00. The Balaban J connectivity index is 2.46. The summed E-state index contributed by atoms with van der Waals surface area (Å²) in [5.41, 5.74) is 0.593. The van der Waals surface area contributed by atoms with E-state index in [1.165, 1.54) is 19.3 Å². The van der Waals surface area contributed by atoms with Crippen molar-refractivity contribution in [3.05, 3.63) is 0 Å². The molecule has 0 bridgehead atoms. The van der Waals surface area contributed by atoms with Crippen molar-refractivity contribution in [3.63, 3.8) is 0 Å². The molecule has 0 amide bonds. The van der Waals surface area contributed by atoms with Gasteiger partial charge < -0.3 is 0 Å². The zero-order chi connectivity index (χ0) is 9.35. The maximum Gasteiger partial charge on any atom is -0.0298 e. The Labute approximate surface area is 77.7 Å². The lowest BCUT2D eigenvalue weighted by Gasteiger charge is -2.32. The average Bonchev–Trinajstić information content (AvgIpc) is 2.68. The van der Waals surface area contributed by atoms with Crippen LogP contribution in [0.4, 0.5) is 0 Å². The summed E-state index contributed by atoms with van der Waals surface area (Å²) in [6, 6.07) is 0. The van der Waals surface area contributed by atoms with Crippen molar-refractivity contribution in [2.75, 3.05) is 0 Å². The molecule has 72 valence electrons. The van der Waals surface area contributed by atoms with E-state index < -0.39 is 0 Å². The largest absolute Gasteiger partial charge is 0.0654 e. The van der Waals surface area contributed by atoms with Crippen molar-refractivity contribution < 1.29 is 0 Å². The maximum atomic E-state index is 2.46. The fourth-order valence-electron chi connectivity index (χ4n) is 2.53. The van der Waals surface area contributed by atoms with Crippen LogP contribution in [0.25, 0.3) is 0 Å². The van der Waals surface area contributed by atoms with Gasteiger partial charge in [0.25, 0.3) is 0 Å². The van der Waals surface area contributed by atoms with Crippen LogP contribution in [-0.2, 0) is 0 Å². The van der Waals surface area contributed by atoms with E-state index in [-0.39, 0.29) is 0 Å². The lowest BCUT2D eigenvalue weighted by molar-refractivity contribution is 0.172. The molecule has 1 aliphatic carbocycles. The van der Waals surface area contributed by atoms with E-state index >= 15 is 0 Å². The highest BCUT2D eigenvalue weighted by Crippen LogP contribution is 2.54. The minimum Gasteiger partial charge on any atom is -0.0654 e. The molecule has 0 nitrogen and oxygen atoms in total. The van der Waals surface area contributed by atoms with Crippen LogP contribution < -0.4 is 0 Å². The highest BCUT2D eigenvalue weighted by atomic mass is 14.5. The molecule has 0 aromatic heterocycles. The van der Waals surface area contributed by atoms with Gasteiger partial charge >= 0.3 is 0 Å². The smallest absolute Gasteiger partial charge is 0.0298 e. The standard InChI is InChI=1S/C12H24/c1-6-7-10(3)12(4,5)11-8-9(11)2/h9-11H,6-8H2,1-5H3. The minimum atomic E-state index is 0.593. The van der Waals surface area contributed by atoms with E-state index in [4.69, 9.17) is 0 Å². The lowest BCUT2D eigenvalue weighted by Crippen LogP contribution is -2.24. The van der Waals surface area contributed by atoms with Crippen molar-refractivity contribution in [1.29, 1.82) is 0 Å². The van der Waals surface area contributed by atoms with Crippen LogP contribution >= 0.6 is 0 Å². The summed E-state index contributed by atoms with van der Waals surface area (Å²) in [4.78, 5) is 0. The topological polar surface area (TPSA) is 0 Å². The molecule has 1 aliphatic rings. The Morgan fingerprint density at radius 2 is 1.92 bits per heavy atom. The van der Waals surface area contributed by atoms with Crippen molar-refractivity contribution >= 4 is 0 Å². The van der Waals surface area contributed by atoms with E-state index in [1.807, 2.05) is 0 Å². The Kier molecular flexibility index (Phi) is 2.85. The molecule has 3 unspecified atom stereocenters. The molecule has 1 rings (SSSR count). The van der Waals surface area contributed by atoms with E-state index in [9.17, 15) is 0 Å². The molecule has 1 saturated carbocycles. The predicted octanol–water partition coefficient (Wildman–Crippen LogP) is 4.10. The molecular formula is C12H24. The average molecular weight is 168 g/mol. The van der Waals surface area contributed by atoms with Crippen LogP contribution in [-0.4, -0.2) is 0 Å². The van der Waals surface area contributed by atoms with E-state index in [2.05, 4.69) is 34.6 Å². The van der Waals surface area contributed by atoms with Gasteiger partial charge in [0.2, 0.25) is 0 Å². The fourth-order valence-corrected chi connectivity index (χ4v) is 2.53. The molecule has 1 fully saturated rings. The minimum absolute atomic E-state index is 0.593. The summed E-state index contributed by atoms with van der Waals surface area (Å²) in [7, 11) is 0. The molecule has 0 heterocycles. The van der Waals surface area contributed by atoms with Gasteiger partial charge in [-0.1, -0.05) is 47.5 Å². The summed E-state index contributed by atoms with van der Waals surface area (Å²) >= 11 is 0. The van der Waals surface area contributed by atoms with Gasteiger partial charge in [0.05, 0.1) is 0 Å². The van der Waals surface area contributed by atoms with Gasteiger partial charge in [-0.3, -0.25) is 0 Å². The van der Waals surface area contributed by atoms with Gasteiger partial charge in [0, 0.05) is 0 Å². The molecule has 12 heavy (non-hydrogen) atoms. The molecule has 0 spiro atoms. The Hall–Kier alpha value is 0. The van der Waals surface area contributed by atoms with Crippen molar-refractivity contribution in [1.82, 2.24) is 0 Å². The molecule has 0 saturated heterocycles. The maximum absolute atomic E-state index is 2.46. The first-order valence-electron chi connectivity index (χ1n) is 5.50. The Bertz CT molecular complexity index is 146. The summed E-state index contributed by atoms with van der Waals surface area (Å²) in [6.45, 7) is 12.0. The van der Waals surface area contributed by atoms with Gasteiger partial charge in [-0.15, -0.1) is 0 Å².